The summed E-state index contributed by atoms with van der Waals surface area (Å²) in [6.07, 6.45) is 5.93. The van der Waals surface area contributed by atoms with Gasteiger partial charge in [-0.15, -0.1) is 0 Å². The first-order valence-corrected chi connectivity index (χ1v) is 8.04. The van der Waals surface area contributed by atoms with Crippen LogP contribution in [-0.4, -0.2) is 5.91 Å². The van der Waals surface area contributed by atoms with Crippen LogP contribution in [0.2, 0.25) is 5.02 Å². The maximum atomic E-state index is 12.1. The van der Waals surface area contributed by atoms with Crippen LogP contribution in [0, 0.1) is 17.8 Å². The Balaban J connectivity index is 1.59. The lowest BCUT2D eigenvalue weighted by molar-refractivity contribution is -0.117. The van der Waals surface area contributed by atoms with Crippen molar-refractivity contribution in [2.24, 2.45) is 17.8 Å². The van der Waals surface area contributed by atoms with Crippen molar-refractivity contribution in [2.75, 3.05) is 5.32 Å². The fourth-order valence-corrected chi connectivity index (χ4v) is 4.38. The molecule has 0 unspecified atom stereocenters. The average molecular weight is 343 g/mol. The van der Waals surface area contributed by atoms with Gasteiger partial charge in [0, 0.05) is 10.9 Å². The van der Waals surface area contributed by atoms with Gasteiger partial charge in [0.25, 0.3) is 0 Å². The van der Waals surface area contributed by atoms with Crippen LogP contribution in [0.15, 0.2) is 22.7 Å². The van der Waals surface area contributed by atoms with E-state index in [9.17, 15) is 4.79 Å². The van der Waals surface area contributed by atoms with E-state index in [-0.39, 0.29) is 5.91 Å². The quantitative estimate of drug-likeness (QED) is 0.834. The van der Waals surface area contributed by atoms with Crippen LogP contribution in [0.3, 0.4) is 0 Å². The summed E-state index contributed by atoms with van der Waals surface area (Å²) in [6.45, 7) is 0. The van der Waals surface area contributed by atoms with E-state index in [0.29, 0.717) is 23.0 Å². The lowest BCUT2D eigenvalue weighted by Gasteiger charge is -2.21. The molecule has 2 aliphatic carbocycles. The molecule has 0 heterocycles. The molecule has 0 aromatic heterocycles. The zero-order chi connectivity index (χ0) is 13.4. The summed E-state index contributed by atoms with van der Waals surface area (Å²) in [4.78, 5) is 12.1. The summed E-state index contributed by atoms with van der Waals surface area (Å²) in [5.74, 6) is 2.37. The Hall–Kier alpha value is -0.540. The highest BCUT2D eigenvalue weighted by molar-refractivity contribution is 9.10. The Morgan fingerprint density at radius 3 is 2.84 bits per heavy atom. The number of benzene rings is 1. The van der Waals surface area contributed by atoms with Crippen LogP contribution >= 0.6 is 27.5 Å². The third-order valence-electron chi connectivity index (χ3n) is 4.54. The number of halogens is 2. The Kier molecular flexibility index (Phi) is 3.86. The third kappa shape index (κ3) is 2.97. The van der Waals surface area contributed by atoms with Gasteiger partial charge in [0.15, 0.2) is 0 Å². The molecule has 2 aliphatic rings. The van der Waals surface area contributed by atoms with E-state index in [0.717, 1.165) is 16.3 Å². The Bertz CT molecular complexity index is 505. The van der Waals surface area contributed by atoms with Crippen LogP contribution in [0.25, 0.3) is 0 Å². The first kappa shape index (κ1) is 13.4. The van der Waals surface area contributed by atoms with Crippen molar-refractivity contribution in [3.8, 4) is 0 Å². The molecule has 2 nitrogen and oxygen atoms in total. The largest absolute Gasteiger partial charge is 0.325 e. The van der Waals surface area contributed by atoms with E-state index in [4.69, 9.17) is 11.6 Å². The first-order chi connectivity index (χ1) is 9.11. The highest BCUT2D eigenvalue weighted by atomic mass is 79.9. The van der Waals surface area contributed by atoms with Crippen LogP contribution in [0.5, 0.6) is 0 Å². The van der Waals surface area contributed by atoms with E-state index in [1.165, 1.54) is 25.7 Å². The Labute approximate surface area is 127 Å². The number of hydrogen-bond donors (Lipinski definition) is 1. The minimum atomic E-state index is 0.0989. The zero-order valence-electron chi connectivity index (χ0n) is 10.7. The van der Waals surface area contributed by atoms with Gasteiger partial charge in [-0.1, -0.05) is 34.0 Å². The molecule has 1 aromatic rings. The van der Waals surface area contributed by atoms with Crippen molar-refractivity contribution < 1.29 is 4.79 Å². The van der Waals surface area contributed by atoms with Gasteiger partial charge in [0.05, 0.1) is 10.7 Å². The van der Waals surface area contributed by atoms with Gasteiger partial charge in [-0.25, -0.2) is 0 Å². The molecule has 19 heavy (non-hydrogen) atoms. The van der Waals surface area contributed by atoms with E-state index in [1.54, 1.807) is 6.07 Å². The van der Waals surface area contributed by atoms with E-state index >= 15 is 0 Å². The maximum absolute atomic E-state index is 12.1. The first-order valence-electron chi connectivity index (χ1n) is 6.86. The van der Waals surface area contributed by atoms with Crippen LogP contribution in [0.1, 0.15) is 32.1 Å². The standard InChI is InChI=1S/C15H17BrClNO/c16-12-3-4-14(13(17)8-12)18-15(19)7-11-6-9-1-2-10(11)5-9/h3-4,8-11H,1-2,5-7H2,(H,18,19)/t9-,10-,11-/m1/s1. The Morgan fingerprint density at radius 1 is 1.37 bits per heavy atom. The van der Waals surface area contributed by atoms with E-state index in [1.807, 2.05) is 12.1 Å². The molecule has 1 aromatic carbocycles. The third-order valence-corrected chi connectivity index (χ3v) is 5.34. The second kappa shape index (κ2) is 5.45. The SMILES string of the molecule is O=C(C[C@H]1C[C@@H]2CC[C@@H]1C2)Nc1ccc(Br)cc1Cl. The number of amides is 1. The number of nitrogens with one attached hydrogen (secondary N) is 1. The highest BCUT2D eigenvalue weighted by Gasteiger charge is 2.40. The molecule has 2 saturated carbocycles. The number of carbonyl (C=O) groups is 1. The van der Waals surface area contributed by atoms with Gasteiger partial charge in [-0.05, 0) is 55.2 Å². The van der Waals surface area contributed by atoms with Crippen molar-refractivity contribution in [3.05, 3.63) is 27.7 Å². The Morgan fingerprint density at radius 2 is 2.21 bits per heavy atom. The van der Waals surface area contributed by atoms with Gasteiger partial charge in [-0.3, -0.25) is 4.79 Å². The summed E-state index contributed by atoms with van der Waals surface area (Å²) < 4.78 is 0.920. The zero-order valence-corrected chi connectivity index (χ0v) is 13.0. The maximum Gasteiger partial charge on any atom is 0.224 e. The highest BCUT2D eigenvalue weighted by Crippen LogP contribution is 2.49. The van der Waals surface area contributed by atoms with Gasteiger partial charge < -0.3 is 5.32 Å². The summed E-state index contributed by atoms with van der Waals surface area (Å²) in [7, 11) is 0. The number of fused-ring (bicyclic) bond motifs is 2. The normalized spacial score (nSPS) is 28.6. The molecule has 1 N–H and O–H groups in total. The molecule has 2 fully saturated rings. The van der Waals surface area contributed by atoms with Gasteiger partial charge in [0.2, 0.25) is 5.91 Å². The molecule has 3 atom stereocenters. The number of anilines is 1. The molecule has 0 saturated heterocycles. The lowest BCUT2D eigenvalue weighted by Crippen LogP contribution is -2.20. The second-order valence-electron chi connectivity index (χ2n) is 5.81. The molecule has 4 heteroatoms. The molecular weight excluding hydrogens is 326 g/mol. The number of rotatable bonds is 3. The van der Waals surface area contributed by atoms with Crippen molar-refractivity contribution >= 4 is 39.1 Å². The smallest absolute Gasteiger partial charge is 0.224 e. The topological polar surface area (TPSA) is 29.1 Å². The lowest BCUT2D eigenvalue weighted by atomic mass is 9.86. The fourth-order valence-electron chi connectivity index (χ4n) is 3.66. The summed E-state index contributed by atoms with van der Waals surface area (Å²) >= 11 is 9.47. The minimum absolute atomic E-state index is 0.0989. The number of carbonyl (C=O) groups excluding carboxylic acids is 1. The molecule has 102 valence electrons. The van der Waals surface area contributed by atoms with Gasteiger partial charge in [0.1, 0.15) is 0 Å². The van der Waals surface area contributed by atoms with Crippen LogP contribution in [0.4, 0.5) is 5.69 Å². The predicted molar refractivity (Wildman–Crippen MR) is 81.3 cm³/mol. The molecule has 1 amide bonds. The molecule has 3 rings (SSSR count). The summed E-state index contributed by atoms with van der Waals surface area (Å²) in [6, 6.07) is 5.53. The molecular formula is C15H17BrClNO. The fraction of sp³-hybridized carbons (Fsp3) is 0.533. The van der Waals surface area contributed by atoms with Gasteiger partial charge in [-0.2, -0.15) is 0 Å². The van der Waals surface area contributed by atoms with Crippen molar-refractivity contribution in [2.45, 2.75) is 32.1 Å². The minimum Gasteiger partial charge on any atom is -0.325 e. The molecule has 0 aliphatic heterocycles. The van der Waals surface area contributed by atoms with Crippen molar-refractivity contribution in [1.82, 2.24) is 0 Å². The van der Waals surface area contributed by atoms with Crippen LogP contribution < -0.4 is 5.32 Å². The summed E-state index contributed by atoms with van der Waals surface area (Å²) in [5, 5.41) is 3.51. The van der Waals surface area contributed by atoms with E-state index < -0.39 is 0 Å². The molecule has 0 spiro atoms. The monoisotopic (exact) mass is 341 g/mol. The molecule has 2 bridgehead atoms. The van der Waals surface area contributed by atoms with Crippen molar-refractivity contribution in [1.29, 1.82) is 0 Å². The predicted octanol–water partition coefficient (Wildman–Crippen LogP) is 4.87. The van der Waals surface area contributed by atoms with E-state index in [2.05, 4.69) is 21.2 Å². The number of hydrogen-bond acceptors (Lipinski definition) is 1. The van der Waals surface area contributed by atoms with Crippen molar-refractivity contribution in [3.63, 3.8) is 0 Å². The second-order valence-corrected chi connectivity index (χ2v) is 7.13. The van der Waals surface area contributed by atoms with Gasteiger partial charge >= 0.3 is 0 Å². The average Bonchev–Trinajstić information content (AvgIpc) is 2.95. The summed E-state index contributed by atoms with van der Waals surface area (Å²) in [5.41, 5.74) is 0.707. The molecule has 0 radical (unpaired) electrons. The van der Waals surface area contributed by atoms with Crippen LogP contribution in [-0.2, 0) is 4.79 Å².